The molecule has 3 nitrogen and oxygen atoms in total. The number of piperidine rings is 1. The lowest BCUT2D eigenvalue weighted by Crippen LogP contribution is -2.53. The lowest BCUT2D eigenvalue weighted by atomic mass is 9.86. The number of benzene rings is 1. The number of hydrogen-bond donors (Lipinski definition) is 1. The molecule has 1 N–H and O–H groups in total. The van der Waals surface area contributed by atoms with Crippen LogP contribution >= 0.6 is 0 Å². The Morgan fingerprint density at radius 3 is 2.30 bits per heavy atom. The molecule has 0 saturated carbocycles. The van der Waals surface area contributed by atoms with E-state index in [1.54, 1.807) is 6.08 Å². The first kappa shape index (κ1) is 13.4. The molecule has 1 amide bonds. The summed E-state index contributed by atoms with van der Waals surface area (Å²) in [5.41, 5.74) is 4.62. The van der Waals surface area contributed by atoms with Gasteiger partial charge in [-0.25, -0.2) is 0 Å². The highest BCUT2D eigenvalue weighted by molar-refractivity contribution is 6.07. The highest BCUT2D eigenvalue weighted by Gasteiger charge is 2.43. The summed E-state index contributed by atoms with van der Waals surface area (Å²) in [6.07, 6.45) is 5.85. The van der Waals surface area contributed by atoms with Crippen molar-refractivity contribution in [2.24, 2.45) is 0 Å². The fourth-order valence-corrected chi connectivity index (χ4v) is 3.70. The Labute approximate surface area is 120 Å². The molecular weight excluding hydrogens is 248 g/mol. The molecule has 1 spiro atoms. The zero-order valence-corrected chi connectivity index (χ0v) is 12.5. The van der Waals surface area contributed by atoms with Gasteiger partial charge in [0.25, 0.3) is 5.91 Å². The quantitative estimate of drug-likeness (QED) is 0.851. The van der Waals surface area contributed by atoms with Gasteiger partial charge in [0.05, 0.1) is 11.2 Å². The van der Waals surface area contributed by atoms with Crippen molar-refractivity contribution in [2.75, 3.05) is 18.0 Å². The van der Waals surface area contributed by atoms with Crippen LogP contribution in [0.4, 0.5) is 5.69 Å². The van der Waals surface area contributed by atoms with Gasteiger partial charge in [0.1, 0.15) is 0 Å². The van der Waals surface area contributed by atoms with Crippen molar-refractivity contribution >= 4 is 11.6 Å². The second-order valence-electron chi connectivity index (χ2n) is 6.11. The van der Waals surface area contributed by atoms with E-state index in [4.69, 9.17) is 0 Å². The number of carbonyl (C=O) groups is 1. The summed E-state index contributed by atoms with van der Waals surface area (Å²) in [4.78, 5) is 14.5. The SMILES string of the molecule is Cc1cc(C)c(N2C(=O)C=CC23CCNCC3)c(C)c1. The van der Waals surface area contributed by atoms with E-state index in [0.717, 1.165) is 31.6 Å². The zero-order chi connectivity index (χ0) is 14.3. The normalized spacial score (nSPS) is 20.9. The van der Waals surface area contributed by atoms with Crippen LogP contribution < -0.4 is 10.2 Å². The van der Waals surface area contributed by atoms with Crippen LogP contribution in [0.5, 0.6) is 0 Å². The number of aryl methyl sites for hydroxylation is 3. The smallest absolute Gasteiger partial charge is 0.251 e. The monoisotopic (exact) mass is 270 g/mol. The van der Waals surface area contributed by atoms with Crippen LogP contribution in [0.25, 0.3) is 0 Å². The van der Waals surface area contributed by atoms with Gasteiger partial charge in [-0.15, -0.1) is 0 Å². The number of hydrogen-bond acceptors (Lipinski definition) is 2. The first-order valence-corrected chi connectivity index (χ1v) is 7.35. The molecule has 0 radical (unpaired) electrons. The minimum Gasteiger partial charge on any atom is -0.317 e. The first-order valence-electron chi connectivity index (χ1n) is 7.35. The van der Waals surface area contributed by atoms with Gasteiger partial charge in [0.2, 0.25) is 0 Å². The molecule has 0 aliphatic carbocycles. The van der Waals surface area contributed by atoms with E-state index in [0.29, 0.717) is 0 Å². The van der Waals surface area contributed by atoms with Crippen molar-refractivity contribution in [1.29, 1.82) is 0 Å². The van der Waals surface area contributed by atoms with Crippen molar-refractivity contribution in [3.8, 4) is 0 Å². The summed E-state index contributed by atoms with van der Waals surface area (Å²) in [5.74, 6) is 0.127. The average Bonchev–Trinajstić information content (AvgIpc) is 2.68. The molecule has 0 atom stereocenters. The minimum atomic E-state index is -0.118. The van der Waals surface area contributed by atoms with Crippen LogP contribution in [0, 0.1) is 20.8 Å². The number of anilines is 1. The standard InChI is InChI=1S/C17H22N2O/c1-12-10-13(2)16(14(3)11-12)19-15(20)4-5-17(19)6-8-18-9-7-17/h4-5,10-11,18H,6-9H2,1-3H3. The van der Waals surface area contributed by atoms with Gasteiger partial charge in [-0.2, -0.15) is 0 Å². The Morgan fingerprint density at radius 2 is 1.70 bits per heavy atom. The van der Waals surface area contributed by atoms with Crippen molar-refractivity contribution in [2.45, 2.75) is 39.2 Å². The first-order chi connectivity index (χ1) is 9.53. The van der Waals surface area contributed by atoms with E-state index in [2.05, 4.69) is 44.3 Å². The molecule has 1 saturated heterocycles. The lowest BCUT2D eigenvalue weighted by molar-refractivity contribution is -0.114. The van der Waals surface area contributed by atoms with E-state index < -0.39 is 0 Å². The second-order valence-corrected chi connectivity index (χ2v) is 6.11. The second kappa shape index (κ2) is 4.74. The fourth-order valence-electron chi connectivity index (χ4n) is 3.70. The van der Waals surface area contributed by atoms with Crippen LogP contribution in [0.3, 0.4) is 0 Å². The molecule has 1 fully saturated rings. The lowest BCUT2D eigenvalue weighted by Gasteiger charge is -2.42. The number of nitrogens with zero attached hydrogens (tertiary/aromatic N) is 1. The molecule has 2 aliphatic heterocycles. The molecule has 0 bridgehead atoms. The van der Waals surface area contributed by atoms with Crippen molar-refractivity contribution < 1.29 is 4.79 Å². The van der Waals surface area contributed by atoms with Crippen molar-refractivity contribution in [3.63, 3.8) is 0 Å². The summed E-state index contributed by atoms with van der Waals surface area (Å²) in [7, 11) is 0. The molecule has 3 rings (SSSR count). The molecule has 1 aromatic rings. The maximum atomic E-state index is 12.5. The van der Waals surface area contributed by atoms with Crippen LogP contribution in [0.15, 0.2) is 24.3 Å². The molecule has 0 unspecified atom stereocenters. The Balaban J connectivity index is 2.10. The van der Waals surface area contributed by atoms with Gasteiger partial charge < -0.3 is 5.32 Å². The molecule has 106 valence electrons. The van der Waals surface area contributed by atoms with Crippen LogP contribution in [-0.2, 0) is 4.79 Å². The van der Waals surface area contributed by atoms with Crippen molar-refractivity contribution in [3.05, 3.63) is 41.0 Å². The third-order valence-corrected chi connectivity index (χ3v) is 4.53. The Morgan fingerprint density at radius 1 is 1.10 bits per heavy atom. The van der Waals surface area contributed by atoms with E-state index in [-0.39, 0.29) is 11.4 Å². The highest BCUT2D eigenvalue weighted by Crippen LogP contribution is 2.40. The molecule has 3 heteroatoms. The minimum absolute atomic E-state index is 0.118. The van der Waals surface area contributed by atoms with E-state index in [1.807, 2.05) is 4.90 Å². The van der Waals surface area contributed by atoms with E-state index in [1.165, 1.54) is 16.7 Å². The molecule has 0 aromatic heterocycles. The Hall–Kier alpha value is -1.61. The molecule has 20 heavy (non-hydrogen) atoms. The predicted molar refractivity (Wildman–Crippen MR) is 82.1 cm³/mol. The molecular formula is C17H22N2O. The maximum Gasteiger partial charge on any atom is 0.251 e. The Bertz CT molecular complexity index is 560. The number of nitrogens with one attached hydrogen (secondary N) is 1. The van der Waals surface area contributed by atoms with Crippen molar-refractivity contribution in [1.82, 2.24) is 5.32 Å². The van der Waals surface area contributed by atoms with E-state index in [9.17, 15) is 4.79 Å². The summed E-state index contributed by atoms with van der Waals surface area (Å²) in [6, 6.07) is 4.34. The van der Waals surface area contributed by atoms with Gasteiger partial charge in [-0.05, 0) is 57.8 Å². The van der Waals surface area contributed by atoms with E-state index >= 15 is 0 Å². The summed E-state index contributed by atoms with van der Waals surface area (Å²) in [6.45, 7) is 8.26. The summed E-state index contributed by atoms with van der Waals surface area (Å²) < 4.78 is 0. The van der Waals surface area contributed by atoms with Crippen LogP contribution in [0.1, 0.15) is 29.5 Å². The average molecular weight is 270 g/mol. The summed E-state index contributed by atoms with van der Waals surface area (Å²) >= 11 is 0. The number of carbonyl (C=O) groups excluding carboxylic acids is 1. The Kier molecular flexibility index (Phi) is 3.17. The van der Waals surface area contributed by atoms with Gasteiger partial charge >= 0.3 is 0 Å². The zero-order valence-electron chi connectivity index (χ0n) is 12.5. The van der Waals surface area contributed by atoms with Crippen LogP contribution in [-0.4, -0.2) is 24.5 Å². The number of rotatable bonds is 1. The van der Waals surface area contributed by atoms with Gasteiger partial charge in [-0.3, -0.25) is 9.69 Å². The van der Waals surface area contributed by atoms with Gasteiger partial charge in [0, 0.05) is 6.08 Å². The molecule has 2 aliphatic rings. The maximum absolute atomic E-state index is 12.5. The summed E-state index contributed by atoms with van der Waals surface area (Å²) in [5, 5.41) is 3.39. The third-order valence-electron chi connectivity index (χ3n) is 4.53. The van der Waals surface area contributed by atoms with Crippen LogP contribution in [0.2, 0.25) is 0 Å². The highest BCUT2D eigenvalue weighted by atomic mass is 16.2. The molecule has 2 heterocycles. The molecule has 1 aromatic carbocycles. The third kappa shape index (κ3) is 1.97. The largest absolute Gasteiger partial charge is 0.317 e. The fraction of sp³-hybridized carbons (Fsp3) is 0.471. The predicted octanol–water partition coefficient (Wildman–Crippen LogP) is 2.64. The van der Waals surface area contributed by atoms with Gasteiger partial charge in [0.15, 0.2) is 0 Å². The van der Waals surface area contributed by atoms with Gasteiger partial charge in [-0.1, -0.05) is 23.8 Å². The topological polar surface area (TPSA) is 32.3 Å². The number of amides is 1.